The molecule has 15 N–H and O–H groups in total. The van der Waals surface area contributed by atoms with Crippen molar-refractivity contribution in [1.82, 2.24) is 41.8 Å². The molecule has 0 aliphatic carbocycles. The number of nitrogens with two attached hydrogens (primary N) is 3. The number of rotatable bonds is 17. The summed E-state index contributed by atoms with van der Waals surface area (Å²) < 4.78 is 0. The van der Waals surface area contributed by atoms with Crippen molar-refractivity contribution in [1.29, 1.82) is 0 Å². The Hall–Kier alpha value is -6.50. The molecule has 1 fully saturated rings. The third-order valence-electron chi connectivity index (χ3n) is 12.2. The molecule has 0 bridgehead atoms. The predicted octanol–water partition coefficient (Wildman–Crippen LogP) is -0.970. The summed E-state index contributed by atoms with van der Waals surface area (Å²) in [7, 11) is 3.19. The zero-order valence-electron chi connectivity index (χ0n) is 41.0. The molecule has 0 radical (unpaired) electrons. The molecule has 21 nitrogen and oxygen atoms in total. The summed E-state index contributed by atoms with van der Waals surface area (Å²) in [5.74, 6) is -7.35. The van der Waals surface area contributed by atoms with E-state index in [1.807, 2.05) is 30.3 Å². The Balaban J connectivity index is 1.59. The van der Waals surface area contributed by atoms with Crippen molar-refractivity contribution in [3.05, 3.63) is 108 Å². The van der Waals surface area contributed by atoms with E-state index < -0.39 is 108 Å². The van der Waals surface area contributed by atoms with E-state index in [1.165, 1.54) is 20.9 Å². The monoisotopic (exact) mass is 1050 g/mol. The van der Waals surface area contributed by atoms with Crippen LogP contribution in [0, 0.1) is 0 Å². The molecule has 73 heavy (non-hydrogen) atoms. The summed E-state index contributed by atoms with van der Waals surface area (Å²) in [6.07, 6.45) is -0.537. The molecule has 0 spiro atoms. The lowest BCUT2D eigenvalue weighted by molar-refractivity contribution is -0.144. The third kappa shape index (κ3) is 16.8. The van der Waals surface area contributed by atoms with Crippen LogP contribution >= 0.6 is 21.6 Å². The maximum absolute atomic E-state index is 14.8. The summed E-state index contributed by atoms with van der Waals surface area (Å²) in [5.41, 5.74) is 20.5. The predicted molar refractivity (Wildman–Crippen MR) is 279 cm³/mol. The number of nitrogens with zero attached hydrogens (tertiary/aromatic N) is 1. The molecule has 1 aromatic heterocycles. The van der Waals surface area contributed by atoms with Crippen molar-refractivity contribution >= 4 is 79.7 Å². The van der Waals surface area contributed by atoms with Gasteiger partial charge in [0.1, 0.15) is 42.3 Å². The normalized spacial score (nSPS) is 22.5. The second-order valence-corrected chi connectivity index (χ2v) is 20.5. The summed E-state index contributed by atoms with van der Waals surface area (Å²) in [6, 6.07) is 13.8. The highest BCUT2D eigenvalue weighted by Gasteiger charge is 2.38. The van der Waals surface area contributed by atoms with Crippen LogP contribution in [-0.2, 0) is 57.6 Å². The lowest BCUT2D eigenvalue weighted by Crippen LogP contribution is -2.63. The topological polar surface area (TPSA) is 346 Å². The fourth-order valence-electron chi connectivity index (χ4n) is 8.25. The van der Waals surface area contributed by atoms with E-state index in [0.29, 0.717) is 24.0 Å². The summed E-state index contributed by atoms with van der Waals surface area (Å²) in [5, 5.41) is 38.3. The molecular formula is C50H67N11O10S2. The number of aliphatic hydroxyl groups excluding tert-OH is 2. The van der Waals surface area contributed by atoms with Gasteiger partial charge in [0.2, 0.25) is 47.3 Å². The van der Waals surface area contributed by atoms with Gasteiger partial charge in [0, 0.05) is 48.5 Å². The molecule has 10 atom stereocenters. The molecule has 394 valence electrons. The average Bonchev–Trinajstić information content (AvgIpc) is 3.77. The average molecular weight is 1050 g/mol. The molecule has 23 heteroatoms. The van der Waals surface area contributed by atoms with E-state index in [1.54, 1.807) is 60.8 Å². The van der Waals surface area contributed by atoms with Crippen LogP contribution in [0.3, 0.4) is 0 Å². The molecule has 1 saturated heterocycles. The van der Waals surface area contributed by atoms with Crippen molar-refractivity contribution in [2.75, 3.05) is 25.1 Å². The number of amides is 8. The first-order valence-electron chi connectivity index (χ1n) is 24.0. The van der Waals surface area contributed by atoms with Gasteiger partial charge >= 0.3 is 0 Å². The lowest BCUT2D eigenvalue weighted by atomic mass is 10.0. The van der Waals surface area contributed by atoms with Gasteiger partial charge in [-0.3, -0.25) is 38.4 Å². The molecule has 5 rings (SSSR count). The van der Waals surface area contributed by atoms with Crippen LogP contribution in [-0.4, -0.2) is 153 Å². The first-order chi connectivity index (χ1) is 34.9. The minimum Gasteiger partial charge on any atom is -0.391 e. The minimum absolute atomic E-state index is 0.0130. The Morgan fingerprint density at radius 2 is 1.30 bits per heavy atom. The number of H-pyrrole nitrogens is 1. The van der Waals surface area contributed by atoms with Crippen LogP contribution < -0.4 is 49.1 Å². The Morgan fingerprint density at radius 3 is 1.93 bits per heavy atom. The maximum atomic E-state index is 14.8. The molecule has 4 aromatic rings. The zero-order chi connectivity index (χ0) is 53.2. The summed E-state index contributed by atoms with van der Waals surface area (Å²) in [4.78, 5) is 117. The minimum atomic E-state index is -1.71. The van der Waals surface area contributed by atoms with Crippen LogP contribution in [0.4, 0.5) is 0 Å². The number of carbonyl (C=O) groups excluding carboxylic acids is 8. The van der Waals surface area contributed by atoms with E-state index in [4.69, 9.17) is 17.2 Å². The number of fused-ring (bicyclic) bond motifs is 1. The molecule has 3 aromatic carbocycles. The smallest absolute Gasteiger partial charge is 0.246 e. The number of hydrogen-bond donors (Lipinski definition) is 12. The van der Waals surface area contributed by atoms with E-state index in [-0.39, 0.29) is 43.7 Å². The summed E-state index contributed by atoms with van der Waals surface area (Å²) >= 11 is 0. The van der Waals surface area contributed by atoms with Gasteiger partial charge in [0.25, 0.3) is 0 Å². The second kappa shape index (κ2) is 28.1. The first kappa shape index (κ1) is 57.4. The van der Waals surface area contributed by atoms with Crippen LogP contribution in [0.2, 0.25) is 0 Å². The maximum Gasteiger partial charge on any atom is 0.246 e. The Labute approximate surface area is 431 Å². The van der Waals surface area contributed by atoms with Gasteiger partial charge in [-0.1, -0.05) is 100 Å². The fourth-order valence-corrected chi connectivity index (χ4v) is 10.6. The number of unbranched alkanes of at least 4 members (excludes halogenated alkanes) is 1. The molecule has 1 aliphatic heterocycles. The Morgan fingerprint density at radius 1 is 0.726 bits per heavy atom. The molecule has 0 saturated carbocycles. The highest BCUT2D eigenvalue weighted by Crippen LogP contribution is 2.25. The number of aromatic nitrogens is 1. The van der Waals surface area contributed by atoms with Crippen LogP contribution in [0.15, 0.2) is 91.1 Å². The molecule has 8 amide bonds. The van der Waals surface area contributed by atoms with E-state index >= 15 is 0 Å². The van der Waals surface area contributed by atoms with Gasteiger partial charge in [0.05, 0.1) is 18.2 Å². The number of carbonyl (C=O) groups is 8. The SMILES string of the molecule is C[C@@H](O)[C@@H]1NC(=O)[C@H](CCCCN)NC(=O)[C@@H](Cc2c[nH]c3ccccc23)NC(=O)[C@H](Cc2ccccc2)NC(=O)[C@@H](NC(=O)[C@H](N)Cc2ccccc2)CSSC[C@@H](C(=O)N(C)[C@H](C(N)=O)[C@@H](C)O)NC1=O. The number of primary amides is 1. The van der Waals surface area contributed by atoms with E-state index in [2.05, 4.69) is 36.9 Å². The van der Waals surface area contributed by atoms with Crippen molar-refractivity contribution in [3.63, 3.8) is 0 Å². The van der Waals surface area contributed by atoms with Crippen LogP contribution in [0.1, 0.15) is 49.8 Å². The number of nitrogens with one attached hydrogen (secondary N) is 7. The van der Waals surface area contributed by atoms with Gasteiger partial charge in [-0.15, -0.1) is 0 Å². The molecule has 2 heterocycles. The molecule has 0 unspecified atom stereocenters. The summed E-state index contributed by atoms with van der Waals surface area (Å²) in [6.45, 7) is 2.74. The molecular weight excluding hydrogens is 979 g/mol. The first-order valence-corrected chi connectivity index (χ1v) is 26.4. The van der Waals surface area contributed by atoms with Gasteiger partial charge in [0.15, 0.2) is 0 Å². The number of aliphatic hydroxyl groups is 2. The lowest BCUT2D eigenvalue weighted by Gasteiger charge is -2.32. The van der Waals surface area contributed by atoms with Crippen molar-refractivity contribution in [2.45, 2.75) is 113 Å². The number of benzene rings is 3. The fraction of sp³-hybridized carbons (Fsp3) is 0.440. The van der Waals surface area contributed by atoms with Gasteiger partial charge in [-0.2, -0.15) is 0 Å². The standard InChI is InChI=1S/C50H67N11O10S2/c1-28(62)41-49(70)59-40(50(71)61(3)42(29(2)63)43(53)64)27-73-72-26-39(58-44(65)34(52)22-30-14-6-4-7-15-30)48(69)56-37(23-31-16-8-5-9-17-31)46(67)57-38(24-32-25-54-35-19-11-10-18-33(32)35)47(68)55-36(45(66)60-41)20-12-13-21-51/h4-11,14-19,25,28-29,34,36-42,54,62-63H,12-13,20-24,26-27,51-52H2,1-3H3,(H2,53,64)(H,55,68)(H,56,69)(H,57,67)(H,58,65)(H,59,70)(H,60,66)/t28-,29-,34-,36+,37+,38-,39+,40+,41+,42+/m1/s1. The quantitative estimate of drug-likeness (QED) is 0.0448. The zero-order valence-corrected chi connectivity index (χ0v) is 42.6. The number of aromatic amines is 1. The Bertz CT molecular complexity index is 2520. The van der Waals surface area contributed by atoms with Crippen molar-refractivity contribution in [3.8, 4) is 0 Å². The molecule has 1 aliphatic rings. The van der Waals surface area contributed by atoms with Crippen LogP contribution in [0.5, 0.6) is 0 Å². The van der Waals surface area contributed by atoms with Gasteiger partial charge in [-0.05, 0) is 68.8 Å². The van der Waals surface area contributed by atoms with E-state index in [0.717, 1.165) is 43.0 Å². The van der Waals surface area contributed by atoms with Crippen molar-refractivity contribution < 1.29 is 48.6 Å². The highest BCUT2D eigenvalue weighted by molar-refractivity contribution is 8.76. The largest absolute Gasteiger partial charge is 0.391 e. The van der Waals surface area contributed by atoms with Gasteiger partial charge < -0.3 is 69.2 Å². The number of para-hydroxylation sites is 1. The van der Waals surface area contributed by atoms with Gasteiger partial charge in [-0.25, -0.2) is 0 Å². The second-order valence-electron chi connectivity index (χ2n) is 18.0. The highest BCUT2D eigenvalue weighted by atomic mass is 33.1. The third-order valence-corrected chi connectivity index (χ3v) is 14.7. The van der Waals surface area contributed by atoms with Crippen LogP contribution in [0.25, 0.3) is 10.9 Å². The number of likely N-dealkylation sites (N-methyl/N-ethyl adjacent to an activating group) is 1. The van der Waals surface area contributed by atoms with Crippen molar-refractivity contribution in [2.24, 2.45) is 17.2 Å². The number of hydrogen-bond acceptors (Lipinski definition) is 14. The Kier molecular flexibility index (Phi) is 22.1. The van der Waals surface area contributed by atoms with E-state index in [9.17, 15) is 48.6 Å².